The van der Waals surface area contributed by atoms with Gasteiger partial charge >= 0.3 is 0 Å². The maximum absolute atomic E-state index is 11.7. The van der Waals surface area contributed by atoms with Gasteiger partial charge in [0.25, 0.3) is 5.91 Å². The third-order valence-corrected chi connectivity index (χ3v) is 4.63. The predicted octanol–water partition coefficient (Wildman–Crippen LogP) is 3.25. The smallest absolute Gasteiger partial charge is 0.251 e. The van der Waals surface area contributed by atoms with Gasteiger partial charge in [0.2, 0.25) is 0 Å². The molecule has 1 aromatic heterocycles. The quantitative estimate of drug-likeness (QED) is 0.608. The number of carbonyl (C=O) groups excluding carboxylic acids is 1. The van der Waals surface area contributed by atoms with E-state index in [0.29, 0.717) is 5.56 Å². The minimum atomic E-state index is -0.0684. The summed E-state index contributed by atoms with van der Waals surface area (Å²) in [5.74, 6) is 0.772. The van der Waals surface area contributed by atoms with Crippen molar-refractivity contribution >= 4 is 45.2 Å². The Morgan fingerprint density at radius 2 is 2.00 bits per heavy atom. The number of fused-ring (bicyclic) bond motifs is 1. The second kappa shape index (κ2) is 7.57. The van der Waals surface area contributed by atoms with Crippen molar-refractivity contribution in [1.29, 1.82) is 0 Å². The second-order valence-corrected chi connectivity index (χ2v) is 6.47. The van der Waals surface area contributed by atoms with E-state index < -0.39 is 0 Å². The zero-order chi connectivity index (χ0) is 16.9. The summed E-state index contributed by atoms with van der Waals surface area (Å²) in [6.07, 6.45) is 2.38. The lowest BCUT2D eigenvalue weighted by molar-refractivity contribution is 0.0963. The topological polar surface area (TPSA) is 66.9 Å². The van der Waals surface area contributed by atoms with E-state index in [1.807, 2.05) is 42.5 Å². The van der Waals surface area contributed by atoms with E-state index >= 15 is 0 Å². The van der Waals surface area contributed by atoms with Gasteiger partial charge in [-0.05, 0) is 58.8 Å². The van der Waals surface area contributed by atoms with Crippen LogP contribution in [0.15, 0.2) is 48.8 Å². The van der Waals surface area contributed by atoms with Gasteiger partial charge in [0.05, 0.1) is 10.9 Å². The first-order valence-electron chi connectivity index (χ1n) is 7.63. The fourth-order valence-corrected chi connectivity index (χ4v) is 3.28. The normalized spacial score (nSPS) is 10.6. The average Bonchev–Trinajstić information content (AvgIpc) is 2.61. The molecule has 0 atom stereocenters. The fourth-order valence-electron chi connectivity index (χ4n) is 2.54. The molecule has 5 nitrogen and oxygen atoms in total. The highest BCUT2D eigenvalue weighted by molar-refractivity contribution is 14.1. The SMILES string of the molecule is CNC(=O)c1cccc(CCNc2ncnc3cccc(I)c23)c1. The first-order valence-corrected chi connectivity index (χ1v) is 8.71. The van der Waals surface area contributed by atoms with Gasteiger partial charge in [-0.2, -0.15) is 0 Å². The van der Waals surface area contributed by atoms with Gasteiger partial charge in [-0.15, -0.1) is 0 Å². The number of halogens is 1. The third-order valence-electron chi connectivity index (χ3n) is 3.73. The molecule has 0 aliphatic carbocycles. The Balaban J connectivity index is 1.73. The molecule has 0 saturated carbocycles. The molecule has 0 aliphatic heterocycles. The maximum atomic E-state index is 11.7. The van der Waals surface area contributed by atoms with Crippen LogP contribution in [0.2, 0.25) is 0 Å². The second-order valence-electron chi connectivity index (χ2n) is 5.31. The minimum absolute atomic E-state index is 0.0684. The molecule has 6 heteroatoms. The minimum Gasteiger partial charge on any atom is -0.369 e. The summed E-state index contributed by atoms with van der Waals surface area (Å²) in [7, 11) is 1.64. The first kappa shape index (κ1) is 16.6. The van der Waals surface area contributed by atoms with Crippen LogP contribution in [-0.4, -0.2) is 29.5 Å². The number of rotatable bonds is 5. The highest BCUT2D eigenvalue weighted by atomic mass is 127. The zero-order valence-corrected chi connectivity index (χ0v) is 15.4. The van der Waals surface area contributed by atoms with Gasteiger partial charge in [-0.3, -0.25) is 4.79 Å². The average molecular weight is 432 g/mol. The Kier molecular flexibility index (Phi) is 5.24. The Bertz CT molecular complexity index is 877. The summed E-state index contributed by atoms with van der Waals surface area (Å²) < 4.78 is 1.12. The van der Waals surface area contributed by atoms with Gasteiger partial charge < -0.3 is 10.6 Å². The Morgan fingerprint density at radius 1 is 1.17 bits per heavy atom. The van der Waals surface area contributed by atoms with Crippen molar-refractivity contribution in [2.75, 3.05) is 18.9 Å². The lowest BCUT2D eigenvalue weighted by Gasteiger charge is -2.10. The van der Waals surface area contributed by atoms with Gasteiger partial charge in [0.15, 0.2) is 0 Å². The third kappa shape index (κ3) is 3.64. The Labute approximate surface area is 154 Å². The van der Waals surface area contributed by atoms with E-state index in [1.54, 1.807) is 13.4 Å². The van der Waals surface area contributed by atoms with E-state index in [9.17, 15) is 4.79 Å². The summed E-state index contributed by atoms with van der Waals surface area (Å²) in [6, 6.07) is 13.7. The lowest BCUT2D eigenvalue weighted by Crippen LogP contribution is -2.18. The van der Waals surface area contributed by atoms with Crippen LogP contribution in [0.1, 0.15) is 15.9 Å². The summed E-state index contributed by atoms with van der Waals surface area (Å²) in [5, 5.41) is 7.07. The number of aromatic nitrogens is 2. The molecule has 3 aromatic rings. The van der Waals surface area contributed by atoms with Crippen molar-refractivity contribution in [3.8, 4) is 0 Å². The molecule has 0 spiro atoms. The van der Waals surface area contributed by atoms with Crippen molar-refractivity contribution in [2.24, 2.45) is 0 Å². The van der Waals surface area contributed by atoms with Crippen molar-refractivity contribution < 1.29 is 4.79 Å². The van der Waals surface area contributed by atoms with E-state index in [2.05, 4.69) is 43.2 Å². The van der Waals surface area contributed by atoms with Crippen LogP contribution in [-0.2, 0) is 6.42 Å². The Morgan fingerprint density at radius 3 is 2.83 bits per heavy atom. The van der Waals surface area contributed by atoms with Gasteiger partial charge in [-0.25, -0.2) is 9.97 Å². The monoisotopic (exact) mass is 432 g/mol. The predicted molar refractivity (Wildman–Crippen MR) is 104 cm³/mol. The van der Waals surface area contributed by atoms with Crippen LogP contribution < -0.4 is 10.6 Å². The number of benzene rings is 2. The number of carbonyl (C=O) groups is 1. The number of amides is 1. The molecule has 122 valence electrons. The van der Waals surface area contributed by atoms with Crippen molar-refractivity contribution in [3.63, 3.8) is 0 Å². The summed E-state index contributed by atoms with van der Waals surface area (Å²) in [6.45, 7) is 0.730. The molecule has 2 aromatic carbocycles. The molecule has 1 amide bonds. The fraction of sp³-hybridized carbons (Fsp3) is 0.167. The molecular weight excluding hydrogens is 415 g/mol. The van der Waals surface area contributed by atoms with Crippen molar-refractivity contribution in [2.45, 2.75) is 6.42 Å². The number of anilines is 1. The molecule has 1 heterocycles. The molecule has 0 radical (unpaired) electrons. The van der Waals surface area contributed by atoms with E-state index in [0.717, 1.165) is 38.8 Å². The molecule has 2 N–H and O–H groups in total. The molecule has 24 heavy (non-hydrogen) atoms. The zero-order valence-electron chi connectivity index (χ0n) is 13.2. The number of hydrogen-bond donors (Lipinski definition) is 2. The van der Waals surface area contributed by atoms with E-state index in [4.69, 9.17) is 0 Å². The number of nitrogens with one attached hydrogen (secondary N) is 2. The van der Waals surface area contributed by atoms with Crippen LogP contribution >= 0.6 is 22.6 Å². The van der Waals surface area contributed by atoms with Gasteiger partial charge in [-0.1, -0.05) is 18.2 Å². The summed E-state index contributed by atoms with van der Waals surface area (Å²) in [5.41, 5.74) is 2.72. The molecule has 0 bridgehead atoms. The van der Waals surface area contributed by atoms with Crippen LogP contribution in [0.25, 0.3) is 10.9 Å². The van der Waals surface area contributed by atoms with Crippen LogP contribution in [0.4, 0.5) is 5.82 Å². The van der Waals surface area contributed by atoms with Crippen molar-refractivity contribution in [1.82, 2.24) is 15.3 Å². The summed E-state index contributed by atoms with van der Waals surface area (Å²) in [4.78, 5) is 20.4. The highest BCUT2D eigenvalue weighted by Gasteiger charge is 2.07. The molecule has 0 unspecified atom stereocenters. The van der Waals surface area contributed by atoms with Crippen LogP contribution in [0, 0.1) is 3.57 Å². The van der Waals surface area contributed by atoms with Crippen molar-refractivity contribution in [3.05, 3.63) is 63.5 Å². The van der Waals surface area contributed by atoms with Crippen LogP contribution in [0.5, 0.6) is 0 Å². The lowest BCUT2D eigenvalue weighted by atomic mass is 10.1. The molecule has 3 rings (SSSR count). The largest absolute Gasteiger partial charge is 0.369 e. The van der Waals surface area contributed by atoms with Crippen LogP contribution in [0.3, 0.4) is 0 Å². The molecule has 0 aliphatic rings. The summed E-state index contributed by atoms with van der Waals surface area (Å²) >= 11 is 2.30. The molecule has 0 saturated heterocycles. The first-order chi connectivity index (χ1) is 11.7. The highest BCUT2D eigenvalue weighted by Crippen LogP contribution is 2.24. The molecule has 0 fully saturated rings. The molecular formula is C18H17IN4O. The number of nitrogens with zero attached hydrogens (tertiary/aromatic N) is 2. The van der Waals surface area contributed by atoms with Gasteiger partial charge in [0.1, 0.15) is 12.1 Å². The van der Waals surface area contributed by atoms with E-state index in [1.165, 1.54) is 0 Å². The van der Waals surface area contributed by atoms with E-state index in [-0.39, 0.29) is 5.91 Å². The maximum Gasteiger partial charge on any atom is 0.251 e. The standard InChI is InChI=1S/C18H17IN4O/c1-20-18(24)13-5-2-4-12(10-13)8-9-21-17-16-14(19)6-3-7-15(16)22-11-23-17/h2-7,10-11H,8-9H2,1H3,(H,20,24)(H,21,22,23). The number of hydrogen-bond acceptors (Lipinski definition) is 4. The van der Waals surface area contributed by atoms with Gasteiger partial charge in [0, 0.05) is 22.7 Å². The Hall–Kier alpha value is -2.22.